The molecule has 0 radical (unpaired) electrons. The first-order valence-corrected chi connectivity index (χ1v) is 6.54. The van der Waals surface area contributed by atoms with Crippen LogP contribution in [0.1, 0.15) is 10.5 Å². The topological polar surface area (TPSA) is 77.2 Å². The van der Waals surface area contributed by atoms with Crippen LogP contribution in [0.4, 0.5) is 15.9 Å². The van der Waals surface area contributed by atoms with E-state index in [-0.39, 0.29) is 11.5 Å². The van der Waals surface area contributed by atoms with E-state index in [0.29, 0.717) is 9.26 Å². The summed E-state index contributed by atoms with van der Waals surface area (Å²) < 4.78 is 14.7. The van der Waals surface area contributed by atoms with Crippen LogP contribution in [0.15, 0.2) is 30.3 Å². The maximum Gasteiger partial charge on any atom is 0.323 e. The quantitative estimate of drug-likeness (QED) is 0.498. The van der Waals surface area contributed by atoms with Gasteiger partial charge >= 0.3 is 5.82 Å². The number of amides is 1. The van der Waals surface area contributed by atoms with E-state index in [1.807, 2.05) is 22.6 Å². The van der Waals surface area contributed by atoms with Gasteiger partial charge in [0.1, 0.15) is 5.82 Å². The number of nitrogens with one attached hydrogen (secondary N) is 1. The van der Waals surface area contributed by atoms with E-state index in [1.165, 1.54) is 41.9 Å². The van der Waals surface area contributed by atoms with Gasteiger partial charge in [-0.2, -0.15) is 0 Å². The Bertz CT molecular complexity index is 699. The summed E-state index contributed by atoms with van der Waals surface area (Å²) in [6, 6.07) is 6.57. The molecule has 8 heteroatoms. The number of carbonyl (C=O) groups excluding carboxylic acids is 1. The zero-order valence-electron chi connectivity index (χ0n) is 10.3. The lowest BCUT2D eigenvalue weighted by Gasteiger charge is -2.06. The molecule has 0 aliphatic rings. The Morgan fingerprint density at radius 1 is 1.40 bits per heavy atom. The van der Waals surface area contributed by atoms with E-state index in [2.05, 4.69) is 5.32 Å². The molecule has 104 valence electrons. The van der Waals surface area contributed by atoms with Gasteiger partial charge in [0.2, 0.25) is 0 Å². The number of halogens is 2. The van der Waals surface area contributed by atoms with Crippen molar-refractivity contribution in [3.05, 3.63) is 55.5 Å². The lowest BCUT2D eigenvalue weighted by molar-refractivity contribution is -0.391. The fourth-order valence-electron chi connectivity index (χ4n) is 1.69. The maximum atomic E-state index is 13.0. The average Bonchev–Trinajstić information content (AvgIpc) is 2.74. The first-order chi connectivity index (χ1) is 9.40. The molecule has 0 unspecified atom stereocenters. The van der Waals surface area contributed by atoms with E-state index in [9.17, 15) is 19.3 Å². The third kappa shape index (κ3) is 2.79. The lowest BCUT2D eigenvalue weighted by Crippen LogP contribution is -2.16. The Balaban J connectivity index is 2.26. The van der Waals surface area contributed by atoms with Gasteiger partial charge in [0.25, 0.3) is 5.91 Å². The lowest BCUT2D eigenvalue weighted by atomic mass is 10.3. The molecule has 0 saturated heterocycles. The molecule has 0 atom stereocenters. The van der Waals surface area contributed by atoms with Crippen molar-refractivity contribution in [3.8, 4) is 0 Å². The summed E-state index contributed by atoms with van der Waals surface area (Å²) in [4.78, 5) is 22.2. The Hall–Kier alpha value is -1.97. The number of hydrogen-bond acceptors (Lipinski definition) is 3. The third-order valence-corrected chi connectivity index (χ3v) is 3.59. The van der Waals surface area contributed by atoms with Crippen LogP contribution in [0, 0.1) is 19.5 Å². The third-order valence-electron chi connectivity index (χ3n) is 2.69. The minimum absolute atomic E-state index is 0.150. The highest BCUT2D eigenvalue weighted by Crippen LogP contribution is 2.21. The summed E-state index contributed by atoms with van der Waals surface area (Å²) in [6.45, 7) is 0. The fourth-order valence-corrected chi connectivity index (χ4v) is 2.30. The van der Waals surface area contributed by atoms with Gasteiger partial charge < -0.3 is 15.4 Å². The van der Waals surface area contributed by atoms with Crippen LogP contribution < -0.4 is 5.32 Å². The highest BCUT2D eigenvalue weighted by molar-refractivity contribution is 14.1. The van der Waals surface area contributed by atoms with Crippen LogP contribution in [0.3, 0.4) is 0 Å². The van der Waals surface area contributed by atoms with Crippen LogP contribution in [0.5, 0.6) is 0 Å². The van der Waals surface area contributed by atoms with Crippen molar-refractivity contribution in [1.29, 1.82) is 0 Å². The molecule has 0 aliphatic carbocycles. The molecule has 0 spiro atoms. The van der Waals surface area contributed by atoms with Gasteiger partial charge in [-0.3, -0.25) is 4.79 Å². The zero-order chi connectivity index (χ0) is 14.9. The van der Waals surface area contributed by atoms with Crippen molar-refractivity contribution in [1.82, 2.24) is 4.57 Å². The van der Waals surface area contributed by atoms with E-state index < -0.39 is 16.6 Å². The van der Waals surface area contributed by atoms with Gasteiger partial charge in [-0.15, -0.1) is 0 Å². The predicted molar refractivity (Wildman–Crippen MR) is 79.1 cm³/mol. The average molecular weight is 389 g/mol. The fraction of sp³-hybridized carbons (Fsp3) is 0.0833. The van der Waals surface area contributed by atoms with E-state index >= 15 is 0 Å². The normalized spacial score (nSPS) is 10.3. The summed E-state index contributed by atoms with van der Waals surface area (Å²) in [5.41, 5.74) is 0.595. The number of aromatic nitrogens is 1. The number of carbonyl (C=O) groups is 1. The minimum Gasteiger partial charge on any atom is -0.358 e. The number of nitrogens with zero attached hydrogens (tertiary/aromatic N) is 2. The number of benzene rings is 1. The van der Waals surface area contributed by atoms with Crippen LogP contribution in [0.2, 0.25) is 0 Å². The van der Waals surface area contributed by atoms with Crippen molar-refractivity contribution in [2.24, 2.45) is 7.05 Å². The largest absolute Gasteiger partial charge is 0.358 e. The van der Waals surface area contributed by atoms with Crippen LogP contribution in [-0.2, 0) is 7.05 Å². The highest BCUT2D eigenvalue weighted by atomic mass is 127. The molecule has 1 N–H and O–H groups in total. The molecule has 6 nitrogen and oxygen atoms in total. The standard InChI is InChI=1S/C12H9FIN3O3/c1-16-10(4-5-11(16)17(19)20)12(18)15-9-3-2-7(13)6-8(9)14/h2-6H,1H3,(H,15,18). The summed E-state index contributed by atoms with van der Waals surface area (Å²) in [6.07, 6.45) is 0. The number of hydrogen-bond donors (Lipinski definition) is 1. The van der Waals surface area contributed by atoms with Gasteiger partial charge in [-0.05, 0) is 51.8 Å². The molecular formula is C12H9FIN3O3. The molecule has 1 aromatic heterocycles. The molecule has 20 heavy (non-hydrogen) atoms. The Labute approximate surface area is 126 Å². The van der Waals surface area contributed by atoms with Crippen molar-refractivity contribution in [2.45, 2.75) is 0 Å². The molecule has 1 amide bonds. The van der Waals surface area contributed by atoms with Crippen molar-refractivity contribution in [2.75, 3.05) is 5.32 Å². The molecule has 0 saturated carbocycles. The minimum atomic E-state index is -0.571. The van der Waals surface area contributed by atoms with E-state index in [4.69, 9.17) is 0 Å². The van der Waals surface area contributed by atoms with Crippen molar-refractivity contribution < 1.29 is 14.1 Å². The maximum absolute atomic E-state index is 13.0. The second kappa shape index (κ2) is 5.57. The highest BCUT2D eigenvalue weighted by Gasteiger charge is 2.21. The molecular weight excluding hydrogens is 380 g/mol. The molecule has 0 bridgehead atoms. The Kier molecular flexibility index (Phi) is 4.02. The molecule has 2 aromatic rings. The van der Waals surface area contributed by atoms with Gasteiger partial charge in [0, 0.05) is 9.64 Å². The molecule has 0 fully saturated rings. The van der Waals surface area contributed by atoms with Crippen LogP contribution >= 0.6 is 22.6 Å². The van der Waals surface area contributed by atoms with Crippen molar-refractivity contribution in [3.63, 3.8) is 0 Å². The van der Waals surface area contributed by atoms with Gasteiger partial charge in [-0.25, -0.2) is 8.96 Å². The molecule has 2 rings (SSSR count). The van der Waals surface area contributed by atoms with Crippen LogP contribution in [0.25, 0.3) is 0 Å². The smallest absolute Gasteiger partial charge is 0.323 e. The SMILES string of the molecule is Cn1c(C(=O)Nc2ccc(F)cc2I)ccc1[N+](=O)[O-]. The molecule has 1 heterocycles. The van der Waals surface area contributed by atoms with Crippen LogP contribution in [-0.4, -0.2) is 15.4 Å². The van der Waals surface area contributed by atoms with Gasteiger partial charge in [0.05, 0.1) is 12.7 Å². The number of anilines is 1. The zero-order valence-corrected chi connectivity index (χ0v) is 12.4. The summed E-state index contributed by atoms with van der Waals surface area (Å²) in [5.74, 6) is -1.07. The second-order valence-corrected chi connectivity index (χ2v) is 5.13. The Morgan fingerprint density at radius 2 is 2.10 bits per heavy atom. The predicted octanol–water partition coefficient (Wildman–Crippen LogP) is 2.93. The first-order valence-electron chi connectivity index (χ1n) is 5.46. The number of rotatable bonds is 3. The van der Waals surface area contributed by atoms with E-state index in [0.717, 1.165) is 0 Å². The summed E-state index contributed by atoms with van der Waals surface area (Å²) in [7, 11) is 1.43. The van der Waals surface area contributed by atoms with Crippen molar-refractivity contribution >= 4 is 40.0 Å². The number of nitro groups is 1. The first kappa shape index (κ1) is 14.4. The Morgan fingerprint density at radius 3 is 2.65 bits per heavy atom. The van der Waals surface area contributed by atoms with E-state index in [1.54, 1.807) is 0 Å². The molecule has 0 aliphatic heterocycles. The monoisotopic (exact) mass is 389 g/mol. The summed E-state index contributed by atoms with van der Waals surface area (Å²) >= 11 is 1.89. The van der Waals surface area contributed by atoms with Gasteiger partial charge in [-0.1, -0.05) is 0 Å². The van der Waals surface area contributed by atoms with Gasteiger partial charge in [0.15, 0.2) is 5.69 Å². The molecule has 1 aromatic carbocycles. The summed E-state index contributed by atoms with van der Waals surface area (Å²) in [5, 5.41) is 13.3. The second-order valence-electron chi connectivity index (χ2n) is 3.97.